The predicted molar refractivity (Wildman–Crippen MR) is 134 cm³/mol. The first-order valence-corrected chi connectivity index (χ1v) is 12.9. The molecule has 8 nitrogen and oxygen atoms in total. The lowest BCUT2D eigenvalue weighted by Gasteiger charge is -2.31. The summed E-state index contributed by atoms with van der Waals surface area (Å²) in [6.07, 6.45) is -1.71. The summed E-state index contributed by atoms with van der Waals surface area (Å²) in [5, 5.41) is 9.15. The monoisotopic (exact) mass is 507 g/mol. The average molecular weight is 508 g/mol. The third kappa shape index (κ3) is 9.35. The second-order valence-corrected chi connectivity index (χ2v) is 10.6. The molecule has 0 saturated heterocycles. The number of ether oxygens (including phenoxy) is 1. The summed E-state index contributed by atoms with van der Waals surface area (Å²) in [6, 6.07) is 5.99. The molecular formula is C25H42N2O6S. The molecule has 34 heavy (non-hydrogen) atoms. The topological polar surface area (TPSA) is 122 Å². The number of nitrogens with one attached hydrogen (secondary N) is 2. The average Bonchev–Trinajstić information content (AvgIpc) is 2.84. The van der Waals surface area contributed by atoms with Crippen LogP contribution in [0.4, 0.5) is 0 Å². The number of carbonyl (C=O) groups is 2. The fourth-order valence-electron chi connectivity index (χ4n) is 3.61. The van der Waals surface area contributed by atoms with Gasteiger partial charge in [0.15, 0.2) is 9.84 Å². The summed E-state index contributed by atoms with van der Waals surface area (Å²) in [5.41, 5.74) is 0.0500. The third-order valence-corrected chi connectivity index (χ3v) is 7.04. The highest BCUT2D eigenvalue weighted by molar-refractivity contribution is 7.91. The Morgan fingerprint density at radius 1 is 1.24 bits per heavy atom. The van der Waals surface area contributed by atoms with E-state index in [1.807, 2.05) is 0 Å². The number of hydrogen-bond acceptors (Lipinski definition) is 7. The van der Waals surface area contributed by atoms with E-state index in [4.69, 9.17) is 22.2 Å². The van der Waals surface area contributed by atoms with Crippen molar-refractivity contribution >= 4 is 21.7 Å². The lowest BCUT2D eigenvalue weighted by atomic mass is 9.75. The van der Waals surface area contributed by atoms with E-state index in [1.165, 1.54) is 25.2 Å². The molecule has 194 valence electrons. The minimum Gasteiger partial charge on any atom is -0.466 e. The second kappa shape index (κ2) is 13.2. The number of esters is 1. The Labute approximate surface area is 217 Å². The van der Waals surface area contributed by atoms with Crippen LogP contribution in [0.5, 0.6) is 0 Å². The first-order chi connectivity index (χ1) is 19.5. The Kier molecular flexibility index (Phi) is 7.12. The van der Waals surface area contributed by atoms with Gasteiger partial charge in [0.05, 0.1) is 36.1 Å². The lowest BCUT2D eigenvalue weighted by Crippen LogP contribution is -2.47. The SMILES string of the molecule is [2H]C([2H])([2H])C(CCCC(CS(=O)(=O)CCO)(C([2H])([2H])[2H])C([2H])([2H])[2H])(C(=O)NNC)c1cccc(CC(C)C(=O)OCC)c1. The molecule has 2 unspecified atom stereocenters. The first-order valence-electron chi connectivity index (χ1n) is 15.6. The molecule has 0 saturated carbocycles. The zero-order valence-corrected chi connectivity index (χ0v) is 20.8. The van der Waals surface area contributed by atoms with E-state index in [-0.39, 0.29) is 18.6 Å². The zero-order valence-electron chi connectivity index (χ0n) is 28.9. The first kappa shape index (κ1) is 18.3. The number of carbonyl (C=O) groups excluding carboxylic acids is 2. The highest BCUT2D eigenvalue weighted by Crippen LogP contribution is 2.34. The van der Waals surface area contributed by atoms with Crippen molar-refractivity contribution in [2.24, 2.45) is 11.3 Å². The van der Waals surface area contributed by atoms with Gasteiger partial charge in [0.25, 0.3) is 0 Å². The van der Waals surface area contributed by atoms with Gasteiger partial charge in [-0.3, -0.25) is 15.0 Å². The Balaban J connectivity index is 3.73. The molecule has 1 amide bonds. The van der Waals surface area contributed by atoms with Gasteiger partial charge in [0.2, 0.25) is 5.91 Å². The standard InChI is InChI=1S/C25H42N2O6S/c1-7-33-22(29)19(2)16-20-10-8-11-21(17-20)25(5,23(30)27-26-6)13-9-12-24(3,4)18-34(31,32)15-14-28/h8,10-11,17,19,26,28H,7,9,12-16,18H2,1-6H3,(H,27,30)/i3D3,4D3,5D3. The van der Waals surface area contributed by atoms with Crippen molar-refractivity contribution < 1.29 is 40.2 Å². The summed E-state index contributed by atoms with van der Waals surface area (Å²) in [6.45, 7) is -7.11. The molecule has 9 heteroatoms. The number of amides is 1. The summed E-state index contributed by atoms with van der Waals surface area (Å²) in [4.78, 5) is 25.7. The predicted octanol–water partition coefficient (Wildman–Crippen LogP) is 2.54. The molecule has 0 aliphatic rings. The molecule has 0 fully saturated rings. The Bertz CT molecular complexity index is 1190. The smallest absolute Gasteiger partial charge is 0.308 e. The van der Waals surface area contributed by atoms with E-state index >= 15 is 0 Å². The van der Waals surface area contributed by atoms with Crippen LogP contribution >= 0.6 is 0 Å². The van der Waals surface area contributed by atoms with Gasteiger partial charge in [0.1, 0.15) is 0 Å². The van der Waals surface area contributed by atoms with Gasteiger partial charge < -0.3 is 9.84 Å². The minimum absolute atomic E-state index is 0.00933. The van der Waals surface area contributed by atoms with Crippen LogP contribution in [0.2, 0.25) is 0 Å². The molecule has 2 atom stereocenters. The molecule has 0 aromatic heterocycles. The number of aliphatic hydroxyl groups excluding tert-OH is 1. The Morgan fingerprint density at radius 2 is 1.97 bits per heavy atom. The molecule has 3 N–H and O–H groups in total. The highest BCUT2D eigenvalue weighted by atomic mass is 32.2. The van der Waals surface area contributed by atoms with Gasteiger partial charge >= 0.3 is 5.97 Å². The van der Waals surface area contributed by atoms with Crippen LogP contribution in [0.3, 0.4) is 0 Å². The van der Waals surface area contributed by atoms with E-state index in [0.29, 0.717) is 5.56 Å². The number of benzene rings is 1. The second-order valence-electron chi connectivity index (χ2n) is 8.42. The molecule has 0 spiro atoms. The quantitative estimate of drug-likeness (QED) is 0.246. The minimum atomic E-state index is -4.36. The van der Waals surface area contributed by atoms with E-state index in [1.54, 1.807) is 19.9 Å². The van der Waals surface area contributed by atoms with Crippen molar-refractivity contribution in [1.82, 2.24) is 10.9 Å². The molecule has 0 heterocycles. The van der Waals surface area contributed by atoms with Crippen molar-refractivity contribution in [3.05, 3.63) is 35.4 Å². The Morgan fingerprint density at radius 3 is 2.56 bits per heavy atom. The number of aliphatic hydroxyl groups is 1. The van der Waals surface area contributed by atoms with Crippen LogP contribution in [0.1, 0.15) is 77.1 Å². The maximum Gasteiger partial charge on any atom is 0.308 e. The zero-order chi connectivity index (χ0) is 33.5. The molecule has 0 bridgehead atoms. The van der Waals surface area contributed by atoms with Crippen molar-refractivity contribution in [1.29, 1.82) is 0 Å². The normalized spacial score (nSPS) is 19.8. The van der Waals surface area contributed by atoms with Crippen molar-refractivity contribution in [2.45, 2.75) is 65.5 Å². The molecule has 1 rings (SSSR count). The van der Waals surface area contributed by atoms with Gasteiger partial charge in [-0.05, 0) is 49.6 Å². The van der Waals surface area contributed by atoms with Gasteiger partial charge in [-0.25, -0.2) is 13.8 Å². The van der Waals surface area contributed by atoms with Gasteiger partial charge in [-0.2, -0.15) is 0 Å². The Hall–Kier alpha value is -1.97. The van der Waals surface area contributed by atoms with Crippen molar-refractivity contribution in [3.8, 4) is 0 Å². The van der Waals surface area contributed by atoms with Crippen LogP contribution in [0.25, 0.3) is 0 Å². The van der Waals surface area contributed by atoms with Crippen LogP contribution in [-0.4, -0.2) is 57.2 Å². The van der Waals surface area contributed by atoms with Crippen LogP contribution < -0.4 is 10.9 Å². The van der Waals surface area contributed by atoms with Crippen LogP contribution in [-0.2, 0) is 36.0 Å². The molecule has 1 aromatic rings. The van der Waals surface area contributed by atoms with Gasteiger partial charge in [-0.15, -0.1) is 0 Å². The van der Waals surface area contributed by atoms with Gasteiger partial charge in [-0.1, -0.05) is 51.3 Å². The van der Waals surface area contributed by atoms with Crippen LogP contribution in [0, 0.1) is 11.3 Å². The largest absolute Gasteiger partial charge is 0.466 e. The van der Waals surface area contributed by atoms with Crippen LogP contribution in [0.15, 0.2) is 24.3 Å². The fourth-order valence-corrected chi connectivity index (χ4v) is 4.93. The van der Waals surface area contributed by atoms with E-state index < -0.39 is 96.4 Å². The van der Waals surface area contributed by atoms with Gasteiger partial charge in [0, 0.05) is 19.4 Å². The number of sulfone groups is 1. The van der Waals surface area contributed by atoms with Crippen molar-refractivity contribution in [3.63, 3.8) is 0 Å². The van der Waals surface area contributed by atoms with E-state index in [9.17, 15) is 18.0 Å². The molecule has 0 aliphatic carbocycles. The molecule has 0 aliphatic heterocycles. The van der Waals surface area contributed by atoms with E-state index in [2.05, 4.69) is 10.9 Å². The number of rotatable bonds is 15. The van der Waals surface area contributed by atoms with E-state index in [0.717, 1.165) is 0 Å². The third-order valence-electron chi connectivity index (χ3n) is 5.30. The molecule has 0 radical (unpaired) electrons. The summed E-state index contributed by atoms with van der Waals surface area (Å²) in [7, 11) is -3.03. The maximum absolute atomic E-state index is 13.5. The molecule has 1 aromatic carbocycles. The summed E-state index contributed by atoms with van der Waals surface area (Å²) >= 11 is 0. The number of hydrazine groups is 1. The fraction of sp³-hybridized carbons (Fsp3) is 0.680. The number of hydrogen-bond donors (Lipinski definition) is 3. The highest BCUT2D eigenvalue weighted by Gasteiger charge is 2.36. The lowest BCUT2D eigenvalue weighted by molar-refractivity contribution is -0.147. The summed E-state index contributed by atoms with van der Waals surface area (Å²) in [5.74, 6) is -4.24. The maximum atomic E-state index is 13.5. The molecular weight excluding hydrogens is 456 g/mol. The van der Waals surface area contributed by atoms with Crippen molar-refractivity contribution in [2.75, 3.05) is 31.8 Å². The summed E-state index contributed by atoms with van der Waals surface area (Å²) < 4.78 is 104.